The van der Waals surface area contributed by atoms with Gasteiger partial charge in [-0.05, 0) is 47.5 Å². The summed E-state index contributed by atoms with van der Waals surface area (Å²) in [6.45, 7) is 4.75. The molecule has 0 saturated carbocycles. The van der Waals surface area contributed by atoms with Crippen molar-refractivity contribution in [1.82, 2.24) is 0 Å². The van der Waals surface area contributed by atoms with Gasteiger partial charge in [-0.25, -0.2) is 8.78 Å². The van der Waals surface area contributed by atoms with Gasteiger partial charge in [0, 0.05) is 31.1 Å². The number of hydrogen-bond donors (Lipinski definition) is 1. The van der Waals surface area contributed by atoms with Crippen molar-refractivity contribution < 1.29 is 23.1 Å². The second-order valence-corrected chi connectivity index (χ2v) is 10.0. The number of nitrogens with zero attached hydrogens (tertiary/aromatic N) is 1. The molecule has 3 heterocycles. The number of halogens is 2. The van der Waals surface area contributed by atoms with E-state index in [1.165, 1.54) is 24.3 Å². The van der Waals surface area contributed by atoms with Gasteiger partial charge < -0.3 is 14.3 Å². The first kappa shape index (κ1) is 23.0. The third kappa shape index (κ3) is 4.12. The van der Waals surface area contributed by atoms with Crippen LogP contribution in [-0.2, 0) is 5.60 Å². The third-order valence-electron chi connectivity index (χ3n) is 8.27. The SMILES string of the molecule is OC(c1ccc(F)cc1)(c1ccc(F)cc1)C12CC[N+](CCCOc3ccccc3)(CC1)CC2. The van der Waals surface area contributed by atoms with E-state index in [0.717, 1.165) is 62.1 Å². The first-order valence-corrected chi connectivity index (χ1v) is 12.2. The van der Waals surface area contributed by atoms with E-state index in [-0.39, 0.29) is 17.0 Å². The van der Waals surface area contributed by atoms with Crippen molar-refractivity contribution in [3.63, 3.8) is 0 Å². The molecule has 178 valence electrons. The Kier molecular flexibility index (Phi) is 6.17. The maximum absolute atomic E-state index is 13.7. The van der Waals surface area contributed by atoms with E-state index in [4.69, 9.17) is 4.74 Å². The second kappa shape index (κ2) is 9.12. The van der Waals surface area contributed by atoms with E-state index in [2.05, 4.69) is 0 Å². The number of fused-ring (bicyclic) bond motifs is 3. The number of benzene rings is 3. The fourth-order valence-electron chi connectivity index (χ4n) is 6.21. The highest BCUT2D eigenvalue weighted by Crippen LogP contribution is 2.57. The zero-order valence-electron chi connectivity index (χ0n) is 19.4. The lowest BCUT2D eigenvalue weighted by Crippen LogP contribution is -2.66. The Labute approximate surface area is 200 Å². The van der Waals surface area contributed by atoms with Crippen LogP contribution in [0, 0.1) is 17.0 Å². The third-order valence-corrected chi connectivity index (χ3v) is 8.27. The van der Waals surface area contributed by atoms with Crippen LogP contribution in [0.25, 0.3) is 0 Å². The average Bonchev–Trinajstić information content (AvgIpc) is 2.89. The predicted molar refractivity (Wildman–Crippen MR) is 128 cm³/mol. The van der Waals surface area contributed by atoms with Crippen molar-refractivity contribution in [2.24, 2.45) is 5.41 Å². The standard InChI is InChI=1S/C29H32F2NO2/c30-25-11-7-23(8-12-25)29(33,24-9-13-26(31)14-10-24)28-15-19-32(20-16-28,21-17-28)18-4-22-34-27-5-2-1-3-6-27/h1-3,5-14,33H,4,15-22H2/q+1. The van der Waals surface area contributed by atoms with Gasteiger partial charge in [0.05, 0.1) is 32.8 Å². The van der Waals surface area contributed by atoms with E-state index >= 15 is 0 Å². The lowest BCUT2D eigenvalue weighted by molar-refractivity contribution is -0.946. The molecule has 3 aliphatic heterocycles. The Morgan fingerprint density at radius 3 is 1.76 bits per heavy atom. The van der Waals surface area contributed by atoms with E-state index in [1.807, 2.05) is 30.3 Å². The lowest BCUT2D eigenvalue weighted by Gasteiger charge is -2.60. The van der Waals surface area contributed by atoms with Crippen molar-refractivity contribution >= 4 is 0 Å². The molecule has 5 heteroatoms. The summed E-state index contributed by atoms with van der Waals surface area (Å²) in [4.78, 5) is 0. The van der Waals surface area contributed by atoms with Crippen LogP contribution in [0.5, 0.6) is 5.75 Å². The largest absolute Gasteiger partial charge is 0.493 e. The van der Waals surface area contributed by atoms with Crippen LogP contribution in [0.4, 0.5) is 8.78 Å². The highest BCUT2D eigenvalue weighted by molar-refractivity contribution is 5.40. The molecular formula is C29H32F2NO2+. The molecule has 3 fully saturated rings. The molecular weight excluding hydrogens is 432 g/mol. The molecule has 3 aromatic carbocycles. The summed E-state index contributed by atoms with van der Waals surface area (Å²) in [5, 5.41) is 12.4. The monoisotopic (exact) mass is 464 g/mol. The van der Waals surface area contributed by atoms with Crippen molar-refractivity contribution in [1.29, 1.82) is 0 Å². The zero-order valence-corrected chi connectivity index (χ0v) is 19.4. The van der Waals surface area contributed by atoms with Crippen LogP contribution in [0.3, 0.4) is 0 Å². The number of quaternary nitrogens is 1. The number of aliphatic hydroxyl groups is 1. The van der Waals surface area contributed by atoms with Gasteiger partial charge in [0.15, 0.2) is 0 Å². The van der Waals surface area contributed by atoms with Crippen LogP contribution in [0.15, 0.2) is 78.9 Å². The van der Waals surface area contributed by atoms with Crippen molar-refractivity contribution in [2.45, 2.75) is 31.3 Å². The molecule has 0 aromatic heterocycles. The van der Waals surface area contributed by atoms with Gasteiger partial charge in [-0.2, -0.15) is 0 Å². The molecule has 3 nitrogen and oxygen atoms in total. The average molecular weight is 465 g/mol. The van der Waals surface area contributed by atoms with Gasteiger partial charge in [-0.1, -0.05) is 42.5 Å². The van der Waals surface area contributed by atoms with Gasteiger partial charge in [0.1, 0.15) is 23.0 Å². The predicted octanol–water partition coefficient (Wildman–Crippen LogP) is 5.67. The molecule has 6 rings (SSSR count). The van der Waals surface area contributed by atoms with E-state index in [0.29, 0.717) is 17.7 Å². The van der Waals surface area contributed by atoms with Crippen LogP contribution >= 0.6 is 0 Å². The topological polar surface area (TPSA) is 29.5 Å². The van der Waals surface area contributed by atoms with Gasteiger partial charge in [-0.3, -0.25) is 0 Å². The summed E-state index contributed by atoms with van der Waals surface area (Å²) in [6, 6.07) is 22.2. The number of ether oxygens (including phenoxy) is 1. The first-order chi connectivity index (χ1) is 16.4. The van der Waals surface area contributed by atoms with Crippen molar-refractivity contribution in [3.8, 4) is 5.75 Å². The van der Waals surface area contributed by atoms with Gasteiger partial charge in [0.2, 0.25) is 0 Å². The summed E-state index contributed by atoms with van der Waals surface area (Å²) in [5.41, 5.74) is -0.290. The Hall–Kier alpha value is -2.76. The fourth-order valence-corrected chi connectivity index (χ4v) is 6.21. The van der Waals surface area contributed by atoms with Gasteiger partial charge in [-0.15, -0.1) is 0 Å². The molecule has 3 aromatic rings. The molecule has 1 N–H and O–H groups in total. The summed E-state index contributed by atoms with van der Waals surface area (Å²) in [7, 11) is 0. The molecule has 2 bridgehead atoms. The summed E-state index contributed by atoms with van der Waals surface area (Å²) >= 11 is 0. The molecule has 0 atom stereocenters. The Morgan fingerprint density at radius 2 is 1.26 bits per heavy atom. The minimum Gasteiger partial charge on any atom is -0.493 e. The molecule has 3 saturated heterocycles. The summed E-state index contributed by atoms with van der Waals surface area (Å²) < 4.78 is 34.4. The Bertz CT molecular complexity index is 1030. The number of para-hydroxylation sites is 1. The van der Waals surface area contributed by atoms with Crippen LogP contribution in [0.2, 0.25) is 0 Å². The van der Waals surface area contributed by atoms with Crippen LogP contribution < -0.4 is 4.74 Å². The molecule has 0 radical (unpaired) electrons. The Morgan fingerprint density at radius 1 is 0.765 bits per heavy atom. The highest BCUT2D eigenvalue weighted by atomic mass is 19.1. The maximum atomic E-state index is 13.7. The molecule has 34 heavy (non-hydrogen) atoms. The number of rotatable bonds is 8. The van der Waals surface area contributed by atoms with E-state index in [1.54, 1.807) is 24.3 Å². The second-order valence-electron chi connectivity index (χ2n) is 10.0. The molecule has 0 unspecified atom stereocenters. The minimum atomic E-state index is -1.29. The number of piperidine rings is 3. The molecule has 0 aliphatic carbocycles. The molecule has 3 aliphatic rings. The lowest BCUT2D eigenvalue weighted by atomic mass is 9.56. The van der Waals surface area contributed by atoms with Crippen molar-refractivity contribution in [3.05, 3.63) is 102 Å². The fraction of sp³-hybridized carbons (Fsp3) is 0.379. The van der Waals surface area contributed by atoms with E-state index in [9.17, 15) is 13.9 Å². The first-order valence-electron chi connectivity index (χ1n) is 12.2. The quantitative estimate of drug-likeness (QED) is 0.344. The van der Waals surface area contributed by atoms with Crippen molar-refractivity contribution in [2.75, 3.05) is 32.8 Å². The van der Waals surface area contributed by atoms with Gasteiger partial charge in [0.25, 0.3) is 0 Å². The molecule has 0 spiro atoms. The smallest absolute Gasteiger partial charge is 0.123 e. The van der Waals surface area contributed by atoms with Gasteiger partial charge >= 0.3 is 0 Å². The normalized spacial score (nSPS) is 24.2. The van der Waals surface area contributed by atoms with E-state index < -0.39 is 5.60 Å². The zero-order chi connectivity index (χ0) is 23.7. The maximum Gasteiger partial charge on any atom is 0.123 e. The Balaban J connectivity index is 1.33. The van der Waals surface area contributed by atoms with Crippen LogP contribution in [0.1, 0.15) is 36.8 Å². The highest BCUT2D eigenvalue weighted by Gasteiger charge is 2.60. The van der Waals surface area contributed by atoms with Crippen LogP contribution in [-0.4, -0.2) is 42.4 Å². The summed E-state index contributed by atoms with van der Waals surface area (Å²) in [5.74, 6) is 0.245. The summed E-state index contributed by atoms with van der Waals surface area (Å²) in [6.07, 6.45) is 3.61. The minimum absolute atomic E-state index is 0.330. The molecule has 0 amide bonds. The number of hydrogen-bond acceptors (Lipinski definition) is 2.